The van der Waals surface area contributed by atoms with E-state index >= 15 is 0 Å². The average molecular weight is 259 g/mol. The molecule has 0 saturated heterocycles. The summed E-state index contributed by atoms with van der Waals surface area (Å²) in [4.78, 5) is 4.34. The van der Waals surface area contributed by atoms with Crippen LogP contribution in [0.2, 0.25) is 0 Å². The molecule has 1 saturated carbocycles. The van der Waals surface area contributed by atoms with E-state index in [-0.39, 0.29) is 0 Å². The van der Waals surface area contributed by atoms with E-state index in [0.717, 1.165) is 31.4 Å². The zero-order valence-corrected chi connectivity index (χ0v) is 11.6. The van der Waals surface area contributed by atoms with E-state index in [4.69, 9.17) is 0 Å². The molecule has 0 aliphatic heterocycles. The summed E-state index contributed by atoms with van der Waals surface area (Å²) in [6, 6.07) is 0.746. The van der Waals surface area contributed by atoms with Crippen molar-refractivity contribution in [1.29, 1.82) is 0 Å². The fourth-order valence-corrected chi connectivity index (χ4v) is 2.27. The molecule has 0 aromatic carbocycles. The Balaban J connectivity index is 1.59. The summed E-state index contributed by atoms with van der Waals surface area (Å²) in [6.45, 7) is 3.98. The predicted molar refractivity (Wildman–Crippen MR) is 73.7 cm³/mol. The highest BCUT2D eigenvalue weighted by Gasteiger charge is 2.20. The zero-order chi connectivity index (χ0) is 13.2. The molecular weight excluding hydrogens is 238 g/mol. The SMILES string of the molecule is Cc1c(CNC2CC2)cnn1CCc1nccn1C. The molecule has 102 valence electrons. The molecule has 19 heavy (non-hydrogen) atoms. The summed E-state index contributed by atoms with van der Waals surface area (Å²) in [5.74, 6) is 1.10. The average Bonchev–Trinajstić information content (AvgIpc) is 3.05. The minimum Gasteiger partial charge on any atom is -0.338 e. The predicted octanol–water partition coefficient (Wildman–Crippen LogP) is 1.42. The first-order chi connectivity index (χ1) is 9.24. The Morgan fingerprint density at radius 3 is 2.95 bits per heavy atom. The van der Waals surface area contributed by atoms with Gasteiger partial charge in [0.2, 0.25) is 0 Å². The highest BCUT2D eigenvalue weighted by atomic mass is 15.3. The molecule has 1 fully saturated rings. The van der Waals surface area contributed by atoms with E-state index in [1.54, 1.807) is 0 Å². The van der Waals surface area contributed by atoms with Gasteiger partial charge in [-0.1, -0.05) is 0 Å². The number of rotatable bonds is 6. The van der Waals surface area contributed by atoms with E-state index in [1.165, 1.54) is 24.1 Å². The smallest absolute Gasteiger partial charge is 0.110 e. The van der Waals surface area contributed by atoms with Crippen molar-refractivity contribution < 1.29 is 0 Å². The molecule has 0 atom stereocenters. The van der Waals surface area contributed by atoms with Crippen molar-refractivity contribution in [2.24, 2.45) is 7.05 Å². The second-order valence-corrected chi connectivity index (χ2v) is 5.34. The van der Waals surface area contributed by atoms with Crippen LogP contribution in [-0.4, -0.2) is 25.4 Å². The maximum Gasteiger partial charge on any atom is 0.110 e. The van der Waals surface area contributed by atoms with Crippen LogP contribution in [0.5, 0.6) is 0 Å². The van der Waals surface area contributed by atoms with Crippen LogP contribution in [0.4, 0.5) is 0 Å². The van der Waals surface area contributed by atoms with Gasteiger partial charge in [-0.05, 0) is 19.8 Å². The lowest BCUT2D eigenvalue weighted by atomic mass is 10.2. The van der Waals surface area contributed by atoms with Crippen LogP contribution >= 0.6 is 0 Å². The van der Waals surface area contributed by atoms with Crippen molar-refractivity contribution in [3.05, 3.63) is 35.7 Å². The molecule has 0 bridgehead atoms. The second-order valence-electron chi connectivity index (χ2n) is 5.34. The monoisotopic (exact) mass is 259 g/mol. The lowest BCUT2D eigenvalue weighted by Crippen LogP contribution is -2.16. The maximum absolute atomic E-state index is 4.48. The summed E-state index contributed by atoms with van der Waals surface area (Å²) in [6.07, 6.45) is 9.38. The first kappa shape index (κ1) is 12.4. The van der Waals surface area contributed by atoms with Crippen LogP contribution in [-0.2, 0) is 26.6 Å². The van der Waals surface area contributed by atoms with Crippen molar-refractivity contribution in [3.8, 4) is 0 Å². The summed E-state index contributed by atoms with van der Waals surface area (Å²) < 4.78 is 4.15. The van der Waals surface area contributed by atoms with E-state index in [2.05, 4.69) is 31.6 Å². The first-order valence-electron chi connectivity index (χ1n) is 6.95. The van der Waals surface area contributed by atoms with E-state index in [0.29, 0.717) is 0 Å². The molecule has 0 spiro atoms. The third-order valence-electron chi connectivity index (χ3n) is 3.83. The number of aryl methyl sites for hydroxylation is 3. The maximum atomic E-state index is 4.48. The van der Waals surface area contributed by atoms with Crippen molar-refractivity contribution in [2.75, 3.05) is 0 Å². The summed E-state index contributed by atoms with van der Waals surface area (Å²) in [5, 5.41) is 8.02. The largest absolute Gasteiger partial charge is 0.338 e. The Labute approximate surface area is 113 Å². The third-order valence-corrected chi connectivity index (χ3v) is 3.83. The normalized spacial score (nSPS) is 15.1. The summed E-state index contributed by atoms with van der Waals surface area (Å²) >= 11 is 0. The number of nitrogens with zero attached hydrogens (tertiary/aromatic N) is 4. The van der Waals surface area contributed by atoms with Gasteiger partial charge >= 0.3 is 0 Å². The van der Waals surface area contributed by atoms with E-state index in [1.807, 2.05) is 25.6 Å². The van der Waals surface area contributed by atoms with Gasteiger partial charge < -0.3 is 9.88 Å². The molecule has 3 rings (SSSR count). The Bertz CT molecular complexity index is 550. The Morgan fingerprint density at radius 1 is 1.42 bits per heavy atom. The zero-order valence-electron chi connectivity index (χ0n) is 11.6. The van der Waals surface area contributed by atoms with Gasteiger partial charge in [0.15, 0.2) is 0 Å². The Kier molecular flexibility index (Phi) is 3.38. The van der Waals surface area contributed by atoms with Crippen molar-refractivity contribution >= 4 is 0 Å². The van der Waals surface area contributed by atoms with Crippen LogP contribution in [0, 0.1) is 6.92 Å². The van der Waals surface area contributed by atoms with Crippen LogP contribution in [0.3, 0.4) is 0 Å². The highest BCUT2D eigenvalue weighted by molar-refractivity contribution is 5.16. The molecule has 0 radical (unpaired) electrons. The minimum absolute atomic E-state index is 0.746. The topological polar surface area (TPSA) is 47.7 Å². The number of nitrogens with one attached hydrogen (secondary N) is 1. The molecule has 5 nitrogen and oxygen atoms in total. The van der Waals surface area contributed by atoms with E-state index < -0.39 is 0 Å². The molecule has 1 aliphatic carbocycles. The number of hydrogen-bond donors (Lipinski definition) is 1. The molecule has 0 unspecified atom stereocenters. The van der Waals surface area contributed by atoms with E-state index in [9.17, 15) is 0 Å². The molecule has 2 aromatic rings. The van der Waals surface area contributed by atoms with Crippen molar-refractivity contribution in [1.82, 2.24) is 24.6 Å². The van der Waals surface area contributed by atoms with Gasteiger partial charge in [-0.25, -0.2) is 4.98 Å². The van der Waals surface area contributed by atoms with Crippen LogP contribution in [0.15, 0.2) is 18.6 Å². The van der Waals surface area contributed by atoms with Gasteiger partial charge in [-0.15, -0.1) is 0 Å². The van der Waals surface area contributed by atoms with Crippen LogP contribution in [0.25, 0.3) is 0 Å². The molecule has 0 amide bonds. The number of aromatic nitrogens is 4. The summed E-state index contributed by atoms with van der Waals surface area (Å²) in [5.41, 5.74) is 2.58. The molecule has 1 aliphatic rings. The number of hydrogen-bond acceptors (Lipinski definition) is 3. The molecule has 1 N–H and O–H groups in total. The number of imidazole rings is 1. The van der Waals surface area contributed by atoms with Crippen LogP contribution in [0.1, 0.15) is 29.9 Å². The van der Waals surface area contributed by atoms with Crippen molar-refractivity contribution in [2.45, 2.75) is 45.3 Å². The van der Waals surface area contributed by atoms with Gasteiger partial charge in [-0.2, -0.15) is 5.10 Å². The van der Waals surface area contributed by atoms with Gasteiger partial charge in [0.1, 0.15) is 5.82 Å². The second kappa shape index (κ2) is 5.17. The minimum atomic E-state index is 0.746. The van der Waals surface area contributed by atoms with Gasteiger partial charge in [0.25, 0.3) is 0 Å². The Morgan fingerprint density at radius 2 is 2.26 bits per heavy atom. The third kappa shape index (κ3) is 2.87. The summed E-state index contributed by atoms with van der Waals surface area (Å²) in [7, 11) is 2.03. The molecule has 2 aromatic heterocycles. The molecule has 2 heterocycles. The first-order valence-corrected chi connectivity index (χ1v) is 6.95. The fourth-order valence-electron chi connectivity index (χ4n) is 2.27. The molecule has 5 heteroatoms. The molecular formula is C14H21N5. The van der Waals surface area contributed by atoms with Gasteiger partial charge in [0.05, 0.1) is 6.20 Å². The highest BCUT2D eigenvalue weighted by Crippen LogP contribution is 2.19. The Hall–Kier alpha value is -1.62. The lowest BCUT2D eigenvalue weighted by Gasteiger charge is -2.06. The quantitative estimate of drug-likeness (QED) is 0.853. The van der Waals surface area contributed by atoms with Crippen LogP contribution < -0.4 is 5.32 Å². The lowest BCUT2D eigenvalue weighted by molar-refractivity contribution is 0.574. The fraction of sp³-hybridized carbons (Fsp3) is 0.571. The van der Waals surface area contributed by atoms with Gasteiger partial charge in [-0.3, -0.25) is 4.68 Å². The van der Waals surface area contributed by atoms with Crippen molar-refractivity contribution in [3.63, 3.8) is 0 Å². The standard InChI is InChI=1S/C14H21N5/c1-11-12(9-16-13-3-4-13)10-17-19(11)7-5-14-15-6-8-18(14)2/h6,8,10,13,16H,3-5,7,9H2,1-2H3. The van der Waals surface area contributed by atoms with Gasteiger partial charge in [0, 0.05) is 56.3 Å².